The minimum atomic E-state index is -0.277. The number of aromatic amines is 2. The van der Waals surface area contributed by atoms with Crippen molar-refractivity contribution in [3.8, 4) is 44.5 Å². The first-order valence-corrected chi connectivity index (χ1v) is 31.7. The Hall–Kier alpha value is -8.24. The van der Waals surface area contributed by atoms with Gasteiger partial charge in [0.1, 0.15) is 6.61 Å². The summed E-state index contributed by atoms with van der Waals surface area (Å²) in [7, 11) is 0. The Morgan fingerprint density at radius 2 is 0.865 bits per heavy atom. The fraction of sp³-hybridized carbons (Fsp3) is 0.329. The van der Waals surface area contributed by atoms with Crippen LogP contribution in [0.5, 0.6) is 0 Å². The van der Waals surface area contributed by atoms with Gasteiger partial charge in [-0.15, -0.1) is 0 Å². The number of hydrogen-bond donors (Lipinski definition) is 6. The van der Waals surface area contributed by atoms with Crippen LogP contribution in [0, 0.1) is 0 Å². The summed E-state index contributed by atoms with van der Waals surface area (Å²) < 4.78 is 39.2. The number of ether oxygens (including phenoxy) is 7. The Morgan fingerprint density at radius 3 is 1.30 bits per heavy atom. The van der Waals surface area contributed by atoms with Gasteiger partial charge < -0.3 is 64.4 Å². The summed E-state index contributed by atoms with van der Waals surface area (Å²) in [5, 5.41) is 12.3. The van der Waals surface area contributed by atoms with Gasteiger partial charge in [0.15, 0.2) is 0 Å². The molecule has 4 aromatic carbocycles. The van der Waals surface area contributed by atoms with Crippen molar-refractivity contribution in [3.05, 3.63) is 162 Å². The number of carbonyl (C=O) groups excluding carboxylic acids is 3. The molecule has 4 amide bonds. The molecule has 0 radical (unpaired) electrons. The van der Waals surface area contributed by atoms with Gasteiger partial charge in [0.25, 0.3) is 0 Å². The molecule has 3 atom stereocenters. The number of fused-ring (bicyclic) bond motifs is 9. The first kappa shape index (κ1) is 62.4. The third-order valence-corrected chi connectivity index (χ3v) is 17.0. The molecule has 2 fully saturated rings. The number of unbranched alkanes of at least 4 members (excludes halogenated alkanes) is 1. The summed E-state index contributed by atoms with van der Waals surface area (Å²) in [6.45, 7) is 5.64. The highest BCUT2D eigenvalue weighted by Crippen LogP contribution is 2.39. The molecule has 7 heterocycles. The largest absolute Gasteiger partial charge is 0.377 e. The number of nitrogens with one attached hydrogen (secondary N) is 6. The summed E-state index contributed by atoms with van der Waals surface area (Å²) in [6, 6.07) is 47.7. The smallest absolute Gasteiger partial charge is 0.315 e. The third kappa shape index (κ3) is 17.1. The maximum Gasteiger partial charge on any atom is 0.315 e. The number of benzene rings is 4. The molecular formula is C70H76N8O10S. The van der Waals surface area contributed by atoms with E-state index in [9.17, 15) is 14.4 Å². The highest BCUT2D eigenvalue weighted by molar-refractivity contribution is 8.00. The maximum absolute atomic E-state index is 13.1. The van der Waals surface area contributed by atoms with E-state index in [4.69, 9.17) is 43.1 Å². The van der Waals surface area contributed by atoms with E-state index < -0.39 is 0 Å². The van der Waals surface area contributed by atoms with E-state index in [2.05, 4.69) is 128 Å². The Balaban J connectivity index is 0.591. The van der Waals surface area contributed by atoms with Crippen LogP contribution in [0.2, 0.25) is 0 Å². The monoisotopic (exact) mass is 1220 g/mol. The number of nitrogens with zero attached hydrogens (tertiary/aromatic N) is 2. The highest BCUT2D eigenvalue weighted by Gasteiger charge is 2.42. The normalized spacial score (nSPS) is 15.7. The van der Waals surface area contributed by atoms with Crippen molar-refractivity contribution in [2.24, 2.45) is 0 Å². The van der Waals surface area contributed by atoms with Gasteiger partial charge in [-0.25, -0.2) is 14.8 Å². The van der Waals surface area contributed by atoms with Crippen LogP contribution in [-0.2, 0) is 42.7 Å². The quantitative estimate of drug-likeness (QED) is 0.0167. The zero-order valence-corrected chi connectivity index (χ0v) is 50.7. The summed E-state index contributed by atoms with van der Waals surface area (Å²) in [5.74, 6) is 0.703. The number of urea groups is 1. The van der Waals surface area contributed by atoms with Crippen LogP contribution in [-0.4, -0.2) is 160 Å². The van der Waals surface area contributed by atoms with E-state index in [1.807, 2.05) is 78.5 Å². The number of rotatable bonds is 33. The molecule has 0 unspecified atom stereocenters. The first-order chi connectivity index (χ1) is 43.9. The van der Waals surface area contributed by atoms with Gasteiger partial charge >= 0.3 is 6.03 Å². The minimum Gasteiger partial charge on any atom is -0.377 e. The molecule has 2 saturated heterocycles. The zero-order chi connectivity index (χ0) is 60.8. The van der Waals surface area contributed by atoms with Crippen molar-refractivity contribution in [1.29, 1.82) is 0 Å². The van der Waals surface area contributed by atoms with Crippen molar-refractivity contribution < 1.29 is 47.5 Å². The van der Waals surface area contributed by atoms with Gasteiger partial charge in [-0.1, -0.05) is 110 Å². The predicted molar refractivity (Wildman–Crippen MR) is 352 cm³/mol. The van der Waals surface area contributed by atoms with E-state index in [0.717, 1.165) is 114 Å². The van der Waals surface area contributed by atoms with Crippen molar-refractivity contribution in [2.75, 3.05) is 110 Å². The van der Waals surface area contributed by atoms with Crippen LogP contribution >= 0.6 is 11.8 Å². The van der Waals surface area contributed by atoms with Crippen molar-refractivity contribution in [1.82, 2.24) is 35.9 Å². The van der Waals surface area contributed by atoms with Crippen LogP contribution in [0.25, 0.3) is 90.9 Å². The molecule has 0 spiro atoms. The summed E-state index contributed by atoms with van der Waals surface area (Å²) in [6.07, 6.45) is 11.6. The Bertz CT molecular complexity index is 3670. The number of H-pyrrole nitrogens is 2. The summed E-state index contributed by atoms with van der Waals surface area (Å²) >= 11 is 1.90. The SMILES string of the molecule is O=C(CCCC[C@@H]1SC[C@@H]2NC(=O)N[C@@H]21)NCCOCCOCCOCCOCCOCCOCCOCC(=O)Nc1ccc(-c2c3nc(c(-c4ccccc4)c4ccc([nH]4)c(-c4ccccc4)c4nc(c(-c5ccccc5)c5ccc2[nH]5)C=C4)C=C3)cc1. The van der Waals surface area contributed by atoms with Gasteiger partial charge in [-0.05, 0) is 95.8 Å². The second kappa shape index (κ2) is 32.3. The lowest BCUT2D eigenvalue weighted by atomic mass is 10.0. The number of thioether (sulfide) groups is 1. The molecule has 18 nitrogen and oxygen atoms in total. The lowest BCUT2D eigenvalue weighted by Crippen LogP contribution is -2.36. The van der Waals surface area contributed by atoms with Crippen molar-refractivity contribution in [2.45, 2.75) is 43.0 Å². The number of carbonyl (C=O) groups is 3. The van der Waals surface area contributed by atoms with Gasteiger partial charge in [-0.2, -0.15) is 11.8 Å². The molecule has 3 aromatic heterocycles. The molecule has 8 bridgehead atoms. The summed E-state index contributed by atoms with van der Waals surface area (Å²) in [4.78, 5) is 55.2. The molecule has 89 heavy (non-hydrogen) atoms. The van der Waals surface area contributed by atoms with Crippen LogP contribution < -0.4 is 21.3 Å². The number of hydrogen-bond acceptors (Lipinski definition) is 13. The predicted octanol–water partition coefficient (Wildman–Crippen LogP) is 11.2. The molecular weight excluding hydrogens is 1140 g/mol. The van der Waals surface area contributed by atoms with Gasteiger partial charge in [0.2, 0.25) is 11.8 Å². The number of aromatic nitrogens is 4. The molecule has 0 saturated carbocycles. The van der Waals surface area contributed by atoms with Gasteiger partial charge in [-0.3, -0.25) is 9.59 Å². The zero-order valence-electron chi connectivity index (χ0n) is 49.8. The maximum atomic E-state index is 13.1. The Morgan fingerprint density at radius 1 is 0.461 bits per heavy atom. The van der Waals surface area contributed by atoms with Crippen LogP contribution in [0.1, 0.15) is 48.5 Å². The number of amides is 4. The Kier molecular flexibility index (Phi) is 22.6. The van der Waals surface area contributed by atoms with Gasteiger partial charge in [0.05, 0.1) is 121 Å². The number of anilines is 1. The van der Waals surface area contributed by atoms with Crippen LogP contribution in [0.3, 0.4) is 0 Å². The van der Waals surface area contributed by atoms with E-state index in [1.165, 1.54) is 0 Å². The van der Waals surface area contributed by atoms with Crippen molar-refractivity contribution in [3.63, 3.8) is 0 Å². The second-order valence-corrected chi connectivity index (χ2v) is 22.9. The first-order valence-electron chi connectivity index (χ1n) is 30.6. The standard InChI is InChI=1S/C70H76N8O10S/c79-63(19-11-10-18-62-69-61(47-89-62)77-70(81)78-69)71-32-33-82-34-35-83-36-37-84-38-39-85-40-41-86-42-43-87-44-45-88-46-64(80)72-52-22-20-51(21-23-52)68-59-30-28-57(75-59)66(49-14-6-2-7-15-49)55-26-24-53(73-55)65(48-12-4-1-5-13-48)54-25-27-56(74-54)67(50-16-8-3-9-17-50)58-29-31-60(68)76-58/h1-9,12-17,20-31,61-62,69,73,76H,10-11,18-19,32-47H2,(H,71,79)(H,72,80)(H2,77,78,81)/t61-,62-,69-/m0/s1. The molecule has 19 heteroatoms. The molecule has 6 N–H and O–H groups in total. The fourth-order valence-electron chi connectivity index (χ4n) is 11.3. The van der Waals surface area contributed by atoms with E-state index in [0.29, 0.717) is 103 Å². The van der Waals surface area contributed by atoms with E-state index in [1.54, 1.807) is 0 Å². The summed E-state index contributed by atoms with van der Waals surface area (Å²) in [5.41, 5.74) is 15.4. The fourth-order valence-corrected chi connectivity index (χ4v) is 12.8. The lowest BCUT2D eigenvalue weighted by molar-refractivity contribution is -0.122. The molecule has 4 aliphatic heterocycles. The third-order valence-electron chi connectivity index (χ3n) is 15.5. The molecule has 0 aliphatic carbocycles. The van der Waals surface area contributed by atoms with E-state index in [-0.39, 0.29) is 43.1 Å². The molecule has 11 rings (SSSR count). The van der Waals surface area contributed by atoms with Gasteiger partial charge in [0, 0.05) is 74.0 Å². The van der Waals surface area contributed by atoms with Crippen LogP contribution in [0.15, 0.2) is 140 Å². The topological polar surface area (TPSA) is 221 Å². The van der Waals surface area contributed by atoms with Crippen LogP contribution in [0.4, 0.5) is 10.5 Å². The second-order valence-electron chi connectivity index (χ2n) is 21.7. The Labute approximate surface area is 522 Å². The molecule has 462 valence electrons. The minimum absolute atomic E-state index is 0.0317. The van der Waals surface area contributed by atoms with E-state index >= 15 is 0 Å². The highest BCUT2D eigenvalue weighted by atomic mass is 32.2. The lowest BCUT2D eigenvalue weighted by Gasteiger charge is -2.16. The molecule has 4 aliphatic rings. The average molecular weight is 1220 g/mol. The van der Waals surface area contributed by atoms with Crippen molar-refractivity contribution >= 4 is 81.7 Å². The molecule has 7 aromatic rings. The average Bonchev–Trinajstić information content (AvgIpc) is 1.98.